The summed E-state index contributed by atoms with van der Waals surface area (Å²) in [6.45, 7) is 5.76. The Labute approximate surface area is 111 Å². The van der Waals surface area contributed by atoms with Crippen LogP contribution in [0.15, 0.2) is 24.3 Å². The van der Waals surface area contributed by atoms with E-state index >= 15 is 0 Å². The molecule has 1 aromatic rings. The molecule has 2 unspecified atom stereocenters. The standard InChI is InChI=1S/C16H25NO/c1-4-9-16(10-6-11-17-13(16)2)14-7-5-8-15(12-14)18-3/h5,7-8,12-13,17H,4,6,9-11H2,1-3H3. The molecule has 2 heteroatoms. The lowest BCUT2D eigenvalue weighted by Gasteiger charge is -2.44. The van der Waals surface area contributed by atoms with E-state index in [9.17, 15) is 0 Å². The average Bonchev–Trinajstić information content (AvgIpc) is 2.42. The number of ether oxygens (including phenoxy) is 1. The number of nitrogens with one attached hydrogen (secondary N) is 1. The van der Waals surface area contributed by atoms with Crippen molar-refractivity contribution in [2.24, 2.45) is 0 Å². The summed E-state index contributed by atoms with van der Waals surface area (Å²) in [6.07, 6.45) is 5.02. The Bertz CT molecular complexity index is 386. The van der Waals surface area contributed by atoms with Crippen LogP contribution in [-0.4, -0.2) is 19.7 Å². The monoisotopic (exact) mass is 247 g/mol. The van der Waals surface area contributed by atoms with Crippen LogP contribution in [0.2, 0.25) is 0 Å². The third kappa shape index (κ3) is 2.39. The molecule has 2 rings (SSSR count). The number of benzene rings is 1. The van der Waals surface area contributed by atoms with Gasteiger partial charge in [0.25, 0.3) is 0 Å². The lowest BCUT2D eigenvalue weighted by molar-refractivity contribution is 0.221. The molecule has 1 aliphatic heterocycles. The fraction of sp³-hybridized carbons (Fsp3) is 0.625. The molecule has 1 fully saturated rings. The van der Waals surface area contributed by atoms with Crippen LogP contribution in [0.4, 0.5) is 0 Å². The largest absolute Gasteiger partial charge is 0.497 e. The minimum Gasteiger partial charge on any atom is -0.497 e. The molecular formula is C16H25NO. The van der Waals surface area contributed by atoms with Crippen LogP contribution in [-0.2, 0) is 5.41 Å². The van der Waals surface area contributed by atoms with Crippen molar-refractivity contribution in [3.05, 3.63) is 29.8 Å². The molecule has 2 atom stereocenters. The third-order valence-electron chi connectivity index (χ3n) is 4.42. The Hall–Kier alpha value is -1.02. The Balaban J connectivity index is 2.38. The number of rotatable bonds is 4. The van der Waals surface area contributed by atoms with Crippen LogP contribution < -0.4 is 10.1 Å². The van der Waals surface area contributed by atoms with Gasteiger partial charge in [0.1, 0.15) is 5.75 Å². The summed E-state index contributed by atoms with van der Waals surface area (Å²) in [6, 6.07) is 9.18. The zero-order valence-electron chi connectivity index (χ0n) is 11.8. The number of methoxy groups -OCH3 is 1. The van der Waals surface area contributed by atoms with Gasteiger partial charge in [-0.15, -0.1) is 0 Å². The summed E-state index contributed by atoms with van der Waals surface area (Å²) in [7, 11) is 1.74. The molecule has 0 saturated carbocycles. The molecule has 1 saturated heterocycles. The topological polar surface area (TPSA) is 21.3 Å². The van der Waals surface area contributed by atoms with E-state index in [1.54, 1.807) is 7.11 Å². The summed E-state index contributed by atoms with van der Waals surface area (Å²) < 4.78 is 5.38. The molecule has 1 heterocycles. The Morgan fingerprint density at radius 3 is 2.94 bits per heavy atom. The summed E-state index contributed by atoms with van der Waals surface area (Å²) in [5.74, 6) is 0.973. The molecule has 0 aromatic heterocycles. The molecule has 18 heavy (non-hydrogen) atoms. The van der Waals surface area contributed by atoms with Crippen molar-refractivity contribution < 1.29 is 4.74 Å². The van der Waals surface area contributed by atoms with E-state index in [0.717, 1.165) is 12.3 Å². The van der Waals surface area contributed by atoms with Crippen molar-refractivity contribution in [2.75, 3.05) is 13.7 Å². The van der Waals surface area contributed by atoms with E-state index < -0.39 is 0 Å². The summed E-state index contributed by atoms with van der Waals surface area (Å²) >= 11 is 0. The first-order valence-corrected chi connectivity index (χ1v) is 7.11. The maximum atomic E-state index is 5.38. The second-order valence-electron chi connectivity index (χ2n) is 5.42. The minimum absolute atomic E-state index is 0.279. The second kappa shape index (κ2) is 5.75. The van der Waals surface area contributed by atoms with Gasteiger partial charge in [0.05, 0.1) is 7.11 Å². The SMILES string of the molecule is CCCC1(c2cccc(OC)c2)CCCNC1C. The van der Waals surface area contributed by atoms with Gasteiger partial charge in [-0.25, -0.2) is 0 Å². The lowest BCUT2D eigenvalue weighted by Crippen LogP contribution is -2.51. The molecule has 2 nitrogen and oxygen atoms in total. The Morgan fingerprint density at radius 2 is 2.28 bits per heavy atom. The Morgan fingerprint density at radius 1 is 1.44 bits per heavy atom. The van der Waals surface area contributed by atoms with Gasteiger partial charge >= 0.3 is 0 Å². The molecule has 100 valence electrons. The van der Waals surface area contributed by atoms with Crippen molar-refractivity contribution in [2.45, 2.75) is 51.0 Å². The predicted octanol–water partition coefficient (Wildman–Crippen LogP) is 3.51. The van der Waals surface area contributed by atoms with Gasteiger partial charge in [0, 0.05) is 11.5 Å². The molecule has 0 aliphatic carbocycles. The van der Waals surface area contributed by atoms with Crippen molar-refractivity contribution in [1.29, 1.82) is 0 Å². The van der Waals surface area contributed by atoms with Gasteiger partial charge in [-0.2, -0.15) is 0 Å². The highest BCUT2D eigenvalue weighted by molar-refractivity contribution is 5.35. The highest BCUT2D eigenvalue weighted by Gasteiger charge is 2.38. The van der Waals surface area contributed by atoms with Gasteiger partial charge in [-0.3, -0.25) is 0 Å². The van der Waals surface area contributed by atoms with Crippen molar-refractivity contribution >= 4 is 0 Å². The van der Waals surface area contributed by atoms with Crippen LogP contribution >= 0.6 is 0 Å². The number of piperidine rings is 1. The summed E-state index contributed by atoms with van der Waals surface area (Å²) in [5.41, 5.74) is 1.71. The van der Waals surface area contributed by atoms with Gasteiger partial charge in [0.15, 0.2) is 0 Å². The first-order valence-electron chi connectivity index (χ1n) is 7.11. The van der Waals surface area contributed by atoms with E-state index in [1.165, 1.54) is 31.2 Å². The fourth-order valence-corrected chi connectivity index (χ4v) is 3.39. The molecule has 0 radical (unpaired) electrons. The van der Waals surface area contributed by atoms with E-state index in [0.29, 0.717) is 6.04 Å². The molecule has 1 N–H and O–H groups in total. The van der Waals surface area contributed by atoms with Gasteiger partial charge in [0.2, 0.25) is 0 Å². The predicted molar refractivity (Wildman–Crippen MR) is 76.3 cm³/mol. The Kier molecular flexibility index (Phi) is 4.28. The smallest absolute Gasteiger partial charge is 0.119 e. The second-order valence-corrected chi connectivity index (χ2v) is 5.42. The van der Waals surface area contributed by atoms with Crippen molar-refractivity contribution in [3.8, 4) is 5.75 Å². The summed E-state index contributed by atoms with van der Waals surface area (Å²) in [5, 5.41) is 3.65. The van der Waals surface area contributed by atoms with Crippen LogP contribution in [0.25, 0.3) is 0 Å². The third-order valence-corrected chi connectivity index (χ3v) is 4.42. The highest BCUT2D eigenvalue weighted by atomic mass is 16.5. The van der Waals surface area contributed by atoms with E-state index in [1.807, 2.05) is 6.07 Å². The first-order chi connectivity index (χ1) is 8.73. The maximum absolute atomic E-state index is 5.38. The lowest BCUT2D eigenvalue weighted by atomic mass is 9.67. The fourth-order valence-electron chi connectivity index (χ4n) is 3.39. The molecular weight excluding hydrogens is 222 g/mol. The van der Waals surface area contributed by atoms with E-state index in [-0.39, 0.29) is 5.41 Å². The van der Waals surface area contributed by atoms with E-state index in [2.05, 4.69) is 37.4 Å². The molecule has 0 bridgehead atoms. The quantitative estimate of drug-likeness (QED) is 0.879. The van der Waals surface area contributed by atoms with Gasteiger partial charge < -0.3 is 10.1 Å². The minimum atomic E-state index is 0.279. The van der Waals surface area contributed by atoms with Crippen LogP contribution in [0.1, 0.15) is 45.1 Å². The van der Waals surface area contributed by atoms with Crippen molar-refractivity contribution in [1.82, 2.24) is 5.32 Å². The molecule has 0 amide bonds. The zero-order chi connectivity index (χ0) is 13.0. The van der Waals surface area contributed by atoms with Gasteiger partial charge in [-0.1, -0.05) is 25.5 Å². The molecule has 0 spiro atoms. The van der Waals surface area contributed by atoms with Crippen molar-refractivity contribution in [3.63, 3.8) is 0 Å². The molecule has 1 aromatic carbocycles. The highest BCUT2D eigenvalue weighted by Crippen LogP contribution is 2.40. The van der Waals surface area contributed by atoms with Crippen LogP contribution in [0, 0.1) is 0 Å². The maximum Gasteiger partial charge on any atom is 0.119 e. The summed E-state index contributed by atoms with van der Waals surface area (Å²) in [4.78, 5) is 0. The van der Waals surface area contributed by atoms with Gasteiger partial charge in [-0.05, 0) is 50.4 Å². The number of hydrogen-bond acceptors (Lipinski definition) is 2. The first kappa shape index (κ1) is 13.4. The van der Waals surface area contributed by atoms with E-state index in [4.69, 9.17) is 4.74 Å². The zero-order valence-corrected chi connectivity index (χ0v) is 11.8. The average molecular weight is 247 g/mol. The number of hydrogen-bond donors (Lipinski definition) is 1. The van der Waals surface area contributed by atoms with Crippen LogP contribution in [0.3, 0.4) is 0 Å². The van der Waals surface area contributed by atoms with Crippen LogP contribution in [0.5, 0.6) is 5.75 Å². The normalized spacial score (nSPS) is 28.1. The molecule has 1 aliphatic rings.